The van der Waals surface area contributed by atoms with Gasteiger partial charge in [-0.1, -0.05) is 35.3 Å². The number of benzene rings is 3. The highest BCUT2D eigenvalue weighted by atomic mass is 35.5. The van der Waals surface area contributed by atoms with Crippen LogP contribution in [0, 0.1) is 11.7 Å². The molecule has 4 aromatic rings. The third kappa shape index (κ3) is 4.07. The normalized spacial score (nSPS) is 21.9. The van der Waals surface area contributed by atoms with Crippen molar-refractivity contribution in [2.75, 3.05) is 23.4 Å². The van der Waals surface area contributed by atoms with Crippen molar-refractivity contribution in [3.63, 3.8) is 0 Å². The maximum absolute atomic E-state index is 15.7. The first-order chi connectivity index (χ1) is 19.3. The summed E-state index contributed by atoms with van der Waals surface area (Å²) >= 11 is 12.6. The third-order valence-electron chi connectivity index (χ3n) is 7.98. The molecule has 7 rings (SSSR count). The number of hydrogen-bond acceptors (Lipinski definition) is 5. The lowest BCUT2D eigenvalue weighted by atomic mass is 9.83. The Morgan fingerprint density at radius 1 is 1.15 bits per heavy atom. The summed E-state index contributed by atoms with van der Waals surface area (Å²) < 4.78 is 23.6. The summed E-state index contributed by atoms with van der Waals surface area (Å²) in [4.78, 5) is 28.0. The van der Waals surface area contributed by atoms with E-state index in [2.05, 4.69) is 10.2 Å². The molecule has 204 valence electrons. The lowest BCUT2D eigenvalue weighted by Gasteiger charge is -2.46. The molecule has 0 saturated heterocycles. The van der Waals surface area contributed by atoms with Gasteiger partial charge < -0.3 is 20.1 Å². The van der Waals surface area contributed by atoms with Crippen molar-refractivity contribution in [3.05, 3.63) is 81.6 Å². The fourth-order valence-electron chi connectivity index (χ4n) is 5.92. The van der Waals surface area contributed by atoms with Crippen LogP contribution in [-0.2, 0) is 4.79 Å². The third-order valence-corrected chi connectivity index (χ3v) is 8.51. The van der Waals surface area contributed by atoms with Crippen molar-refractivity contribution < 1.29 is 23.8 Å². The number of carbonyl (C=O) groups excluding carboxylic acids is 1. The van der Waals surface area contributed by atoms with Gasteiger partial charge in [-0.3, -0.25) is 4.79 Å². The zero-order chi connectivity index (χ0) is 27.7. The minimum atomic E-state index is -1.08. The zero-order valence-electron chi connectivity index (χ0n) is 21.0. The van der Waals surface area contributed by atoms with Gasteiger partial charge in [0.2, 0.25) is 11.8 Å². The van der Waals surface area contributed by atoms with Crippen molar-refractivity contribution in [3.8, 4) is 5.88 Å². The number of halogens is 3. The first kappa shape index (κ1) is 25.2. The molecule has 40 heavy (non-hydrogen) atoms. The average Bonchev–Trinajstić information content (AvgIpc) is 3.67. The van der Waals surface area contributed by atoms with Crippen LogP contribution in [-0.4, -0.2) is 46.0 Å². The number of ether oxygens (including phenoxy) is 1. The van der Waals surface area contributed by atoms with Crippen LogP contribution in [0.25, 0.3) is 10.9 Å². The van der Waals surface area contributed by atoms with Crippen LogP contribution >= 0.6 is 23.2 Å². The summed E-state index contributed by atoms with van der Waals surface area (Å²) in [6, 6.07) is 13.4. The molecule has 1 amide bonds. The van der Waals surface area contributed by atoms with E-state index in [1.54, 1.807) is 35.0 Å². The fraction of sp³-hybridized carbons (Fsp3) is 0.276. The summed E-state index contributed by atoms with van der Waals surface area (Å²) in [5.41, 5.74) is 2.06. The number of hydrogen-bond donors (Lipinski definition) is 2. The van der Waals surface area contributed by atoms with Crippen LogP contribution in [0.1, 0.15) is 40.7 Å². The van der Waals surface area contributed by atoms with Gasteiger partial charge in [-0.25, -0.2) is 13.9 Å². The lowest BCUT2D eigenvalue weighted by molar-refractivity contribution is -0.119. The summed E-state index contributed by atoms with van der Waals surface area (Å²) in [5.74, 6) is -2.44. The molecule has 3 aliphatic rings. The predicted octanol–water partition coefficient (Wildman–Crippen LogP) is 6.14. The highest BCUT2D eigenvalue weighted by Gasteiger charge is 2.48. The van der Waals surface area contributed by atoms with E-state index in [1.165, 1.54) is 18.2 Å². The molecule has 1 aromatic heterocycles. The molecule has 11 heteroatoms. The highest BCUT2D eigenvalue weighted by molar-refractivity contribution is 6.31. The van der Waals surface area contributed by atoms with Crippen LogP contribution < -0.4 is 15.0 Å². The Balaban J connectivity index is 1.49. The average molecular weight is 581 g/mol. The number of carboxylic acid groups (broad SMARTS) is 1. The van der Waals surface area contributed by atoms with Gasteiger partial charge in [0.25, 0.3) is 0 Å². The molecule has 1 fully saturated rings. The minimum absolute atomic E-state index is 0.0861. The van der Waals surface area contributed by atoms with Crippen molar-refractivity contribution in [2.45, 2.75) is 30.8 Å². The fourth-order valence-corrected chi connectivity index (χ4v) is 6.28. The highest BCUT2D eigenvalue weighted by Crippen LogP contribution is 2.48. The number of aromatic carboxylic acids is 1. The van der Waals surface area contributed by atoms with E-state index in [1.807, 2.05) is 6.07 Å². The Hall–Kier alpha value is -3.82. The monoisotopic (exact) mass is 580 g/mol. The van der Waals surface area contributed by atoms with Gasteiger partial charge in [0.1, 0.15) is 12.4 Å². The number of amides is 1. The maximum Gasteiger partial charge on any atom is 0.335 e. The molecule has 1 aliphatic carbocycles. The van der Waals surface area contributed by atoms with Crippen molar-refractivity contribution in [1.82, 2.24) is 9.78 Å². The van der Waals surface area contributed by atoms with Crippen LogP contribution in [0.15, 0.2) is 54.6 Å². The molecule has 3 atom stereocenters. The van der Waals surface area contributed by atoms with Crippen molar-refractivity contribution in [2.24, 2.45) is 5.92 Å². The molecule has 3 aromatic carbocycles. The van der Waals surface area contributed by atoms with Crippen LogP contribution in [0.4, 0.5) is 15.8 Å². The number of fused-ring (bicyclic) bond motifs is 6. The number of carboxylic acids is 1. The Morgan fingerprint density at radius 3 is 2.75 bits per heavy atom. The molecule has 2 N–H and O–H groups in total. The smallest absolute Gasteiger partial charge is 0.335 e. The van der Waals surface area contributed by atoms with Crippen LogP contribution in [0.3, 0.4) is 0 Å². The number of nitrogens with zero attached hydrogens (tertiary/aromatic N) is 3. The molecule has 1 saturated carbocycles. The number of carbonyl (C=O) groups is 2. The minimum Gasteiger partial charge on any atom is -0.478 e. The summed E-state index contributed by atoms with van der Waals surface area (Å²) in [6.07, 6.45) is 2.18. The van der Waals surface area contributed by atoms with E-state index in [-0.39, 0.29) is 22.8 Å². The zero-order valence-corrected chi connectivity index (χ0v) is 22.5. The standard InChI is InChI=1S/C29H23Cl2FN4O4/c30-16-7-9-22-21(11-16)33-27(37)24(17-2-1-3-19(31)25(17)32)26-23(35(22)12-14-4-5-14)13-40-28-18-10-15(29(38)39)6-8-20(18)34-36(26)28/h1-3,6-11,14,23-24,26H,4-5,12-13H2,(H,33,37)(H,38,39)/t23-,24-,26+/m1/s1. The molecule has 2 aliphatic heterocycles. The van der Waals surface area contributed by atoms with Gasteiger partial charge in [0.15, 0.2) is 0 Å². The van der Waals surface area contributed by atoms with E-state index in [9.17, 15) is 14.7 Å². The van der Waals surface area contributed by atoms with Gasteiger partial charge in [0.05, 0.1) is 50.9 Å². The van der Waals surface area contributed by atoms with E-state index in [0.717, 1.165) is 18.5 Å². The molecular formula is C29H23Cl2FN4O4. The summed E-state index contributed by atoms with van der Waals surface area (Å²) in [7, 11) is 0. The second-order valence-electron chi connectivity index (χ2n) is 10.5. The van der Waals surface area contributed by atoms with E-state index >= 15 is 4.39 Å². The number of aromatic nitrogens is 2. The van der Waals surface area contributed by atoms with Gasteiger partial charge in [-0.15, -0.1) is 0 Å². The SMILES string of the molecule is O=C(O)c1ccc2nn3c(c2c1)OC[C@@H]1[C@H]3[C@@H](c2cccc(Cl)c2F)C(=O)Nc2cc(Cl)ccc2N1CC1CC1. The summed E-state index contributed by atoms with van der Waals surface area (Å²) in [6.45, 7) is 0.878. The van der Waals surface area contributed by atoms with E-state index < -0.39 is 35.7 Å². The number of anilines is 2. The van der Waals surface area contributed by atoms with E-state index in [4.69, 9.17) is 33.0 Å². The predicted molar refractivity (Wildman–Crippen MR) is 149 cm³/mol. The second-order valence-corrected chi connectivity index (χ2v) is 11.4. The second kappa shape index (κ2) is 9.38. The molecule has 0 spiro atoms. The van der Waals surface area contributed by atoms with Gasteiger partial charge in [-0.05, 0) is 61.2 Å². The van der Waals surface area contributed by atoms with Crippen LogP contribution in [0.2, 0.25) is 10.0 Å². The molecular weight excluding hydrogens is 558 g/mol. The molecule has 0 bridgehead atoms. The number of nitrogens with one attached hydrogen (secondary N) is 1. The molecule has 8 nitrogen and oxygen atoms in total. The van der Waals surface area contributed by atoms with Crippen molar-refractivity contribution >= 4 is 57.4 Å². The maximum atomic E-state index is 15.7. The quantitative estimate of drug-likeness (QED) is 0.301. The van der Waals surface area contributed by atoms with Crippen molar-refractivity contribution in [1.29, 1.82) is 0 Å². The van der Waals surface area contributed by atoms with E-state index in [0.29, 0.717) is 40.0 Å². The van der Waals surface area contributed by atoms with Gasteiger partial charge >= 0.3 is 5.97 Å². The first-order valence-corrected chi connectivity index (χ1v) is 13.7. The first-order valence-electron chi connectivity index (χ1n) is 13.0. The molecule has 0 unspecified atom stereocenters. The number of rotatable bonds is 4. The van der Waals surface area contributed by atoms with Gasteiger partial charge in [-0.2, -0.15) is 5.10 Å². The summed E-state index contributed by atoms with van der Waals surface area (Å²) in [5, 5.41) is 18.2. The molecule has 3 heterocycles. The molecule has 0 radical (unpaired) electrons. The van der Waals surface area contributed by atoms with Crippen LogP contribution in [0.5, 0.6) is 5.88 Å². The Morgan fingerprint density at radius 2 is 1.98 bits per heavy atom. The largest absolute Gasteiger partial charge is 0.478 e. The van der Waals surface area contributed by atoms with Gasteiger partial charge in [0, 0.05) is 17.1 Å². The Kier molecular flexibility index (Phi) is 5.90. The lowest BCUT2D eigenvalue weighted by Crippen LogP contribution is -2.54. The Labute approximate surface area is 238 Å². The topological polar surface area (TPSA) is 96.7 Å². The Bertz CT molecular complexity index is 1710.